The molecule has 1 aromatic rings. The highest BCUT2D eigenvalue weighted by molar-refractivity contribution is 7.92. The maximum atomic E-state index is 13.1. The summed E-state index contributed by atoms with van der Waals surface area (Å²) in [4.78, 5) is 0. The van der Waals surface area contributed by atoms with Crippen molar-refractivity contribution in [2.75, 3.05) is 17.0 Å². The minimum Gasteiger partial charge on any atom is -0.329 e. The predicted molar refractivity (Wildman–Crippen MR) is 52.7 cm³/mol. The molecule has 0 aromatic heterocycles. The molecule has 96 valence electrons. The Morgan fingerprint density at radius 2 is 1.59 bits per heavy atom. The van der Waals surface area contributed by atoms with Crippen molar-refractivity contribution in [3.05, 3.63) is 29.3 Å². The van der Waals surface area contributed by atoms with E-state index < -0.39 is 44.7 Å². The Hall–Kier alpha value is -1.35. The number of rotatable bonds is 4. The van der Waals surface area contributed by atoms with E-state index in [4.69, 9.17) is 5.73 Å². The van der Waals surface area contributed by atoms with Gasteiger partial charge >= 0.3 is 0 Å². The standard InChI is InChI=1S/C8H8F4N2O2S/c9-4-3-5(10)7(12)8(6(4)11)14-17(15,16)2-1-13/h3,14H,1-2,13H2. The van der Waals surface area contributed by atoms with Gasteiger partial charge in [0.2, 0.25) is 10.0 Å². The number of halogens is 4. The van der Waals surface area contributed by atoms with Gasteiger partial charge in [0, 0.05) is 12.6 Å². The van der Waals surface area contributed by atoms with E-state index in [2.05, 4.69) is 0 Å². The molecule has 0 fully saturated rings. The third kappa shape index (κ3) is 3.07. The van der Waals surface area contributed by atoms with E-state index in [-0.39, 0.29) is 12.6 Å². The minimum atomic E-state index is -4.15. The van der Waals surface area contributed by atoms with Gasteiger partial charge < -0.3 is 5.73 Å². The molecule has 0 radical (unpaired) electrons. The lowest BCUT2D eigenvalue weighted by Crippen LogP contribution is -2.24. The van der Waals surface area contributed by atoms with Crippen LogP contribution >= 0.6 is 0 Å². The molecular formula is C8H8F4N2O2S. The van der Waals surface area contributed by atoms with Gasteiger partial charge in [-0.05, 0) is 0 Å². The largest absolute Gasteiger partial charge is 0.329 e. The van der Waals surface area contributed by atoms with Crippen molar-refractivity contribution in [1.82, 2.24) is 0 Å². The quantitative estimate of drug-likeness (QED) is 0.633. The highest BCUT2D eigenvalue weighted by atomic mass is 32.2. The summed E-state index contributed by atoms with van der Waals surface area (Å²) in [7, 11) is -4.15. The van der Waals surface area contributed by atoms with Crippen LogP contribution in [0.5, 0.6) is 0 Å². The summed E-state index contributed by atoms with van der Waals surface area (Å²) in [5, 5.41) is 0. The number of hydrogen-bond donors (Lipinski definition) is 2. The number of benzene rings is 1. The molecule has 4 nitrogen and oxygen atoms in total. The van der Waals surface area contributed by atoms with Crippen molar-refractivity contribution >= 4 is 15.7 Å². The fourth-order valence-corrected chi connectivity index (χ4v) is 1.93. The monoisotopic (exact) mass is 272 g/mol. The van der Waals surface area contributed by atoms with Crippen molar-refractivity contribution in [3.8, 4) is 0 Å². The van der Waals surface area contributed by atoms with Gasteiger partial charge in [-0.2, -0.15) is 0 Å². The lowest BCUT2D eigenvalue weighted by Gasteiger charge is -2.09. The Morgan fingerprint density at radius 3 is 2.00 bits per heavy atom. The summed E-state index contributed by atoms with van der Waals surface area (Å²) in [5.41, 5.74) is 3.56. The second-order valence-electron chi connectivity index (χ2n) is 3.05. The fourth-order valence-electron chi connectivity index (χ4n) is 1.02. The van der Waals surface area contributed by atoms with Crippen LogP contribution in [0.3, 0.4) is 0 Å². The molecule has 0 heterocycles. The first-order valence-electron chi connectivity index (χ1n) is 4.32. The third-order valence-electron chi connectivity index (χ3n) is 1.76. The average Bonchev–Trinajstić information content (AvgIpc) is 2.21. The normalized spacial score (nSPS) is 11.6. The van der Waals surface area contributed by atoms with Crippen molar-refractivity contribution in [1.29, 1.82) is 0 Å². The average molecular weight is 272 g/mol. The molecule has 0 aliphatic heterocycles. The van der Waals surface area contributed by atoms with Crippen LogP contribution in [0.15, 0.2) is 6.07 Å². The first kappa shape index (κ1) is 13.7. The van der Waals surface area contributed by atoms with E-state index in [9.17, 15) is 26.0 Å². The SMILES string of the molecule is NCCS(=O)(=O)Nc1c(F)c(F)cc(F)c1F. The highest BCUT2D eigenvalue weighted by Crippen LogP contribution is 2.24. The molecule has 0 aliphatic carbocycles. The highest BCUT2D eigenvalue weighted by Gasteiger charge is 2.22. The third-order valence-corrected chi connectivity index (χ3v) is 3.04. The number of nitrogens with one attached hydrogen (secondary N) is 1. The first-order valence-corrected chi connectivity index (χ1v) is 5.97. The van der Waals surface area contributed by atoms with Gasteiger partial charge in [0.15, 0.2) is 23.3 Å². The fraction of sp³-hybridized carbons (Fsp3) is 0.250. The number of nitrogens with two attached hydrogens (primary N) is 1. The molecule has 3 N–H and O–H groups in total. The molecule has 0 atom stereocenters. The molecule has 1 rings (SSSR count). The van der Waals surface area contributed by atoms with Gasteiger partial charge in [-0.25, -0.2) is 26.0 Å². The smallest absolute Gasteiger partial charge is 0.234 e. The van der Waals surface area contributed by atoms with Gasteiger partial charge in [0.05, 0.1) is 5.75 Å². The van der Waals surface area contributed by atoms with Crippen LogP contribution < -0.4 is 10.5 Å². The Balaban J connectivity index is 3.24. The number of anilines is 1. The molecular weight excluding hydrogens is 264 g/mol. The molecule has 0 unspecified atom stereocenters. The van der Waals surface area contributed by atoms with Crippen molar-refractivity contribution < 1.29 is 26.0 Å². The van der Waals surface area contributed by atoms with Crippen LogP contribution in [0.4, 0.5) is 23.2 Å². The van der Waals surface area contributed by atoms with Crippen molar-refractivity contribution in [2.45, 2.75) is 0 Å². The van der Waals surface area contributed by atoms with E-state index in [1.165, 1.54) is 4.72 Å². The van der Waals surface area contributed by atoms with Gasteiger partial charge in [0.25, 0.3) is 0 Å². The Kier molecular flexibility index (Phi) is 3.94. The first-order chi connectivity index (χ1) is 7.78. The zero-order valence-corrected chi connectivity index (χ0v) is 9.12. The van der Waals surface area contributed by atoms with Gasteiger partial charge in [-0.3, -0.25) is 4.72 Å². The Labute approximate surface area is 94.5 Å². The molecule has 1 aromatic carbocycles. The lowest BCUT2D eigenvalue weighted by atomic mass is 10.3. The van der Waals surface area contributed by atoms with Gasteiger partial charge in [-0.1, -0.05) is 0 Å². The second kappa shape index (κ2) is 4.88. The van der Waals surface area contributed by atoms with Gasteiger partial charge in [0.1, 0.15) is 5.69 Å². The van der Waals surface area contributed by atoms with Crippen LogP contribution in [-0.2, 0) is 10.0 Å². The maximum Gasteiger partial charge on any atom is 0.234 e. The molecule has 0 bridgehead atoms. The topological polar surface area (TPSA) is 72.2 Å². The molecule has 9 heteroatoms. The summed E-state index contributed by atoms with van der Waals surface area (Å²) >= 11 is 0. The molecule has 0 aliphatic rings. The molecule has 0 amide bonds. The van der Waals surface area contributed by atoms with E-state index in [0.29, 0.717) is 0 Å². The van der Waals surface area contributed by atoms with Gasteiger partial charge in [-0.15, -0.1) is 0 Å². The van der Waals surface area contributed by atoms with E-state index in [0.717, 1.165) is 0 Å². The van der Waals surface area contributed by atoms with Crippen LogP contribution in [0, 0.1) is 23.3 Å². The predicted octanol–water partition coefficient (Wildman–Crippen LogP) is 0.943. The molecule has 0 saturated heterocycles. The Bertz CT molecular complexity index is 507. The Morgan fingerprint density at radius 1 is 1.12 bits per heavy atom. The molecule has 0 saturated carbocycles. The molecule has 17 heavy (non-hydrogen) atoms. The van der Waals surface area contributed by atoms with E-state index >= 15 is 0 Å². The zero-order valence-electron chi connectivity index (χ0n) is 8.31. The van der Waals surface area contributed by atoms with Crippen molar-refractivity contribution in [3.63, 3.8) is 0 Å². The summed E-state index contributed by atoms with van der Waals surface area (Å²) in [6.07, 6.45) is 0. The summed E-state index contributed by atoms with van der Waals surface area (Å²) in [6.45, 7) is -0.309. The summed E-state index contributed by atoms with van der Waals surface area (Å²) < 4.78 is 75.3. The summed E-state index contributed by atoms with van der Waals surface area (Å²) in [5.74, 6) is -7.66. The van der Waals surface area contributed by atoms with Crippen LogP contribution in [0.1, 0.15) is 0 Å². The van der Waals surface area contributed by atoms with Crippen LogP contribution in [0.2, 0.25) is 0 Å². The summed E-state index contributed by atoms with van der Waals surface area (Å²) in [6, 6.07) is -0.0224. The van der Waals surface area contributed by atoms with E-state index in [1.54, 1.807) is 0 Å². The van der Waals surface area contributed by atoms with Crippen molar-refractivity contribution in [2.24, 2.45) is 5.73 Å². The van der Waals surface area contributed by atoms with E-state index in [1.807, 2.05) is 0 Å². The van der Waals surface area contributed by atoms with Crippen LogP contribution in [-0.4, -0.2) is 20.7 Å². The van der Waals surface area contributed by atoms with Crippen LogP contribution in [0.25, 0.3) is 0 Å². The lowest BCUT2D eigenvalue weighted by molar-refractivity contribution is 0.459. The number of hydrogen-bond acceptors (Lipinski definition) is 3. The molecule has 0 spiro atoms. The minimum absolute atomic E-state index is 0.0224. The number of sulfonamides is 1. The second-order valence-corrected chi connectivity index (χ2v) is 4.89. The maximum absolute atomic E-state index is 13.1. The zero-order chi connectivity index (χ0) is 13.2.